The Bertz CT molecular complexity index is 863. The van der Waals surface area contributed by atoms with E-state index in [2.05, 4.69) is 36.5 Å². The van der Waals surface area contributed by atoms with Crippen molar-refractivity contribution < 1.29 is 22.4 Å². The van der Waals surface area contributed by atoms with Crippen LogP contribution in [0.4, 0.5) is 19.0 Å². The minimum atomic E-state index is -4.51. The molecule has 0 spiro atoms. The fourth-order valence-electron chi connectivity index (χ4n) is 4.15. The van der Waals surface area contributed by atoms with Crippen molar-refractivity contribution >= 4 is 11.7 Å². The first-order valence-electron chi connectivity index (χ1n) is 9.53. The molecule has 2 aromatic heterocycles. The highest BCUT2D eigenvalue weighted by molar-refractivity contribution is 5.99. The number of hydrogen-bond acceptors (Lipinski definition) is 4. The van der Waals surface area contributed by atoms with Crippen molar-refractivity contribution in [2.75, 3.05) is 5.32 Å². The van der Waals surface area contributed by atoms with Gasteiger partial charge in [-0.1, -0.05) is 20.8 Å². The number of furan rings is 1. The van der Waals surface area contributed by atoms with E-state index in [1.165, 1.54) is 12.5 Å². The summed E-state index contributed by atoms with van der Waals surface area (Å²) < 4.78 is 47.2. The van der Waals surface area contributed by atoms with Crippen LogP contribution in [0, 0.1) is 5.41 Å². The first-order valence-corrected chi connectivity index (χ1v) is 9.53. The van der Waals surface area contributed by atoms with Crippen LogP contribution in [-0.4, -0.2) is 27.4 Å². The Labute approximate surface area is 167 Å². The van der Waals surface area contributed by atoms with Crippen molar-refractivity contribution in [1.29, 1.82) is 0 Å². The molecule has 9 heteroatoms. The van der Waals surface area contributed by atoms with Crippen LogP contribution < -0.4 is 10.6 Å². The topological polar surface area (TPSA) is 72.1 Å². The molecule has 2 atom stereocenters. The molecule has 1 amide bonds. The highest BCUT2D eigenvalue weighted by Gasteiger charge is 2.48. The standard InChI is InChI=1S/C20H27F3N4O2/c1-18(2,3)11-19(4,5)26-17(28)12-10-24-27-15(20(21,22)23)9-13(25-16(12)27)14-7-6-8-29-14/h6-8,10,13,15,25H,9,11H2,1-5H3,(H,26,28)/t13-,15+/m1/s1. The van der Waals surface area contributed by atoms with Gasteiger partial charge in [-0.05, 0) is 37.8 Å². The summed E-state index contributed by atoms with van der Waals surface area (Å²) in [5.74, 6) is -0.0378. The van der Waals surface area contributed by atoms with E-state index in [1.807, 2.05) is 13.8 Å². The second kappa shape index (κ2) is 7.11. The Kier molecular flexibility index (Phi) is 5.21. The highest BCUT2D eigenvalue weighted by atomic mass is 19.4. The molecule has 2 aromatic rings. The van der Waals surface area contributed by atoms with Crippen LogP contribution in [0.1, 0.15) is 75.7 Å². The number of rotatable bonds is 4. The zero-order chi connectivity index (χ0) is 21.6. The van der Waals surface area contributed by atoms with E-state index in [9.17, 15) is 18.0 Å². The predicted molar refractivity (Wildman–Crippen MR) is 103 cm³/mol. The van der Waals surface area contributed by atoms with Crippen LogP contribution >= 0.6 is 0 Å². The molecular formula is C20H27F3N4O2. The van der Waals surface area contributed by atoms with Gasteiger partial charge in [-0.15, -0.1) is 0 Å². The molecule has 0 fully saturated rings. The Hall–Kier alpha value is -2.45. The minimum Gasteiger partial charge on any atom is -0.467 e. The zero-order valence-corrected chi connectivity index (χ0v) is 17.2. The molecule has 2 N–H and O–H groups in total. The number of nitrogens with zero attached hydrogens (tertiary/aromatic N) is 2. The molecule has 29 heavy (non-hydrogen) atoms. The second-order valence-corrected chi connectivity index (χ2v) is 9.43. The van der Waals surface area contributed by atoms with Crippen molar-refractivity contribution in [3.63, 3.8) is 0 Å². The fourth-order valence-corrected chi connectivity index (χ4v) is 4.15. The van der Waals surface area contributed by atoms with Gasteiger partial charge in [0.2, 0.25) is 0 Å². The van der Waals surface area contributed by atoms with Gasteiger partial charge in [0.05, 0.1) is 18.5 Å². The van der Waals surface area contributed by atoms with Crippen LogP contribution in [0.3, 0.4) is 0 Å². The number of carbonyl (C=O) groups is 1. The van der Waals surface area contributed by atoms with Crippen molar-refractivity contribution in [3.05, 3.63) is 35.9 Å². The number of alkyl halides is 3. The van der Waals surface area contributed by atoms with Crippen LogP contribution in [0.15, 0.2) is 29.0 Å². The van der Waals surface area contributed by atoms with E-state index in [-0.39, 0.29) is 23.2 Å². The lowest BCUT2D eigenvalue weighted by atomic mass is 9.81. The molecule has 0 unspecified atom stereocenters. The van der Waals surface area contributed by atoms with Gasteiger partial charge in [0.15, 0.2) is 6.04 Å². The van der Waals surface area contributed by atoms with Gasteiger partial charge in [-0.3, -0.25) is 4.79 Å². The van der Waals surface area contributed by atoms with E-state index in [4.69, 9.17) is 4.42 Å². The molecule has 0 radical (unpaired) electrons. The maximum Gasteiger partial charge on any atom is 0.410 e. The maximum atomic E-state index is 13.7. The number of nitrogens with one attached hydrogen (secondary N) is 2. The van der Waals surface area contributed by atoms with Gasteiger partial charge < -0.3 is 15.1 Å². The van der Waals surface area contributed by atoms with E-state index < -0.39 is 29.7 Å². The maximum absolute atomic E-state index is 13.7. The Balaban J connectivity index is 1.92. The molecule has 0 saturated heterocycles. The van der Waals surface area contributed by atoms with Crippen molar-refractivity contribution in [2.45, 2.75) is 71.3 Å². The Morgan fingerprint density at radius 2 is 2.00 bits per heavy atom. The SMILES string of the molecule is CC(C)(C)CC(C)(C)NC(=O)c1cnn2c1N[C@@H](c1ccco1)C[C@H]2C(F)(F)F. The summed E-state index contributed by atoms with van der Waals surface area (Å²) in [5, 5.41) is 9.83. The van der Waals surface area contributed by atoms with Gasteiger partial charge in [0, 0.05) is 12.0 Å². The number of amides is 1. The summed E-state index contributed by atoms with van der Waals surface area (Å²) in [7, 11) is 0. The lowest BCUT2D eigenvalue weighted by molar-refractivity contribution is -0.174. The third kappa shape index (κ3) is 4.76. The Morgan fingerprint density at radius 3 is 2.55 bits per heavy atom. The van der Waals surface area contributed by atoms with Crippen molar-refractivity contribution in [2.24, 2.45) is 5.41 Å². The third-order valence-corrected chi connectivity index (χ3v) is 4.79. The van der Waals surface area contributed by atoms with Crippen LogP contribution in [-0.2, 0) is 0 Å². The quantitative estimate of drug-likeness (QED) is 0.735. The Morgan fingerprint density at radius 1 is 1.31 bits per heavy atom. The highest BCUT2D eigenvalue weighted by Crippen LogP contribution is 2.44. The monoisotopic (exact) mass is 412 g/mol. The van der Waals surface area contributed by atoms with E-state index in [1.54, 1.807) is 12.1 Å². The lowest BCUT2D eigenvalue weighted by Gasteiger charge is -2.34. The number of fused-ring (bicyclic) bond motifs is 1. The molecule has 3 rings (SSSR count). The van der Waals surface area contributed by atoms with Crippen LogP contribution in [0.25, 0.3) is 0 Å². The molecule has 0 bridgehead atoms. The third-order valence-electron chi connectivity index (χ3n) is 4.79. The lowest BCUT2D eigenvalue weighted by Crippen LogP contribution is -2.46. The zero-order valence-electron chi connectivity index (χ0n) is 17.2. The fraction of sp³-hybridized carbons (Fsp3) is 0.600. The molecule has 6 nitrogen and oxygen atoms in total. The average molecular weight is 412 g/mol. The van der Waals surface area contributed by atoms with Crippen LogP contribution in [0.5, 0.6) is 0 Å². The van der Waals surface area contributed by atoms with Gasteiger partial charge >= 0.3 is 6.18 Å². The van der Waals surface area contributed by atoms with E-state index in [0.29, 0.717) is 12.2 Å². The summed E-state index contributed by atoms with van der Waals surface area (Å²) in [6.07, 6.45) is -1.49. The first-order chi connectivity index (χ1) is 13.3. The average Bonchev–Trinajstić information content (AvgIpc) is 3.19. The molecule has 1 aliphatic rings. The van der Waals surface area contributed by atoms with Crippen LogP contribution in [0.2, 0.25) is 0 Å². The molecular weight excluding hydrogens is 385 g/mol. The first kappa shape index (κ1) is 21.3. The minimum absolute atomic E-state index is 0.0285. The number of hydrogen-bond donors (Lipinski definition) is 2. The summed E-state index contributed by atoms with van der Waals surface area (Å²) in [6, 6.07) is 0.672. The van der Waals surface area contributed by atoms with Gasteiger partial charge in [0.25, 0.3) is 5.91 Å². The van der Waals surface area contributed by atoms with Crippen molar-refractivity contribution in [1.82, 2.24) is 15.1 Å². The molecule has 0 aliphatic carbocycles. The summed E-state index contributed by atoms with van der Waals surface area (Å²) in [6.45, 7) is 9.97. The summed E-state index contributed by atoms with van der Waals surface area (Å²) in [5.41, 5.74) is -0.487. The second-order valence-electron chi connectivity index (χ2n) is 9.43. The molecule has 0 saturated carbocycles. The number of carbonyl (C=O) groups excluding carboxylic acids is 1. The summed E-state index contributed by atoms with van der Waals surface area (Å²) >= 11 is 0. The van der Waals surface area contributed by atoms with Crippen molar-refractivity contribution in [3.8, 4) is 0 Å². The number of anilines is 1. The normalized spacial score (nSPS) is 20.1. The van der Waals surface area contributed by atoms with Gasteiger partial charge in [-0.25, -0.2) is 4.68 Å². The summed E-state index contributed by atoms with van der Waals surface area (Å²) in [4.78, 5) is 12.9. The molecule has 160 valence electrons. The predicted octanol–water partition coefficient (Wildman–Crippen LogP) is 5.08. The molecule has 0 aromatic carbocycles. The number of halogens is 3. The van der Waals surface area contributed by atoms with Gasteiger partial charge in [-0.2, -0.15) is 18.3 Å². The molecule has 1 aliphatic heterocycles. The number of aromatic nitrogens is 2. The smallest absolute Gasteiger partial charge is 0.410 e. The molecule has 3 heterocycles. The van der Waals surface area contributed by atoms with E-state index in [0.717, 1.165) is 4.68 Å². The van der Waals surface area contributed by atoms with E-state index >= 15 is 0 Å². The largest absolute Gasteiger partial charge is 0.467 e. The van der Waals surface area contributed by atoms with Gasteiger partial charge in [0.1, 0.15) is 17.1 Å².